The Morgan fingerprint density at radius 1 is 1.24 bits per heavy atom. The standard InChI is InChI=1S/C18H23N3/c1-20-16-13(11-18(19)7-8-18)3-2-4-14(16)15-12-5-9-21(10-6-12)17(15)20/h2-4,12H,5-11,19H2,1H3. The second-order valence-corrected chi connectivity index (χ2v) is 7.41. The lowest BCUT2D eigenvalue weighted by Gasteiger charge is -2.41. The molecule has 0 spiro atoms. The van der Waals surface area contributed by atoms with E-state index in [0.29, 0.717) is 0 Å². The molecule has 3 heteroatoms. The van der Waals surface area contributed by atoms with Crippen molar-refractivity contribution < 1.29 is 0 Å². The van der Waals surface area contributed by atoms with E-state index >= 15 is 0 Å². The molecule has 3 aliphatic heterocycles. The second kappa shape index (κ2) is 3.83. The van der Waals surface area contributed by atoms with Crippen LogP contribution in [-0.2, 0) is 13.5 Å². The molecule has 0 amide bonds. The van der Waals surface area contributed by atoms with Gasteiger partial charge in [0.2, 0.25) is 0 Å². The molecule has 110 valence electrons. The average molecular weight is 281 g/mol. The summed E-state index contributed by atoms with van der Waals surface area (Å²) < 4.78 is 2.46. The molecule has 0 radical (unpaired) electrons. The lowest BCUT2D eigenvalue weighted by molar-refractivity contribution is 0.469. The first-order valence-corrected chi connectivity index (χ1v) is 8.30. The van der Waals surface area contributed by atoms with Crippen LogP contribution >= 0.6 is 0 Å². The van der Waals surface area contributed by atoms with Gasteiger partial charge in [0.1, 0.15) is 5.82 Å². The van der Waals surface area contributed by atoms with Gasteiger partial charge in [-0.05, 0) is 43.6 Å². The van der Waals surface area contributed by atoms with Gasteiger partial charge in [0.05, 0.1) is 5.52 Å². The summed E-state index contributed by atoms with van der Waals surface area (Å²) >= 11 is 0. The van der Waals surface area contributed by atoms with E-state index in [1.807, 2.05) is 0 Å². The monoisotopic (exact) mass is 281 g/mol. The fourth-order valence-electron chi connectivity index (χ4n) is 4.64. The molecule has 2 aromatic rings. The Morgan fingerprint density at radius 3 is 2.71 bits per heavy atom. The maximum atomic E-state index is 6.39. The topological polar surface area (TPSA) is 34.2 Å². The van der Waals surface area contributed by atoms with E-state index in [0.717, 1.165) is 12.3 Å². The molecule has 1 aromatic carbocycles. The van der Waals surface area contributed by atoms with Crippen molar-refractivity contribution in [2.45, 2.75) is 43.6 Å². The molecule has 1 aromatic heterocycles. The third-order valence-corrected chi connectivity index (χ3v) is 5.94. The Morgan fingerprint density at radius 2 is 2.00 bits per heavy atom. The van der Waals surface area contributed by atoms with Gasteiger partial charge in [-0.2, -0.15) is 0 Å². The predicted octanol–water partition coefficient (Wildman–Crippen LogP) is 2.91. The number of rotatable bonds is 2. The third kappa shape index (κ3) is 1.58. The SMILES string of the molecule is Cn1c2c(c3cccc(CC4(N)CC4)c31)C1CCN2CC1. The number of piperidine rings is 1. The average Bonchev–Trinajstić information content (AvgIpc) is 3.14. The number of nitrogens with zero attached hydrogens (tertiary/aromatic N) is 2. The van der Waals surface area contributed by atoms with E-state index in [2.05, 4.69) is 34.7 Å². The Balaban J connectivity index is 1.77. The fraction of sp³-hybridized carbons (Fsp3) is 0.556. The van der Waals surface area contributed by atoms with Crippen LogP contribution in [0.25, 0.3) is 10.9 Å². The summed E-state index contributed by atoms with van der Waals surface area (Å²) in [6.07, 6.45) is 6.06. The van der Waals surface area contributed by atoms with Crippen LogP contribution in [0.15, 0.2) is 18.2 Å². The molecule has 1 aliphatic carbocycles. The summed E-state index contributed by atoms with van der Waals surface area (Å²) in [5.41, 5.74) is 11.0. The molecular weight excluding hydrogens is 258 g/mol. The van der Waals surface area contributed by atoms with E-state index < -0.39 is 0 Å². The number of anilines is 1. The van der Waals surface area contributed by atoms with Crippen LogP contribution in [-0.4, -0.2) is 23.2 Å². The molecule has 3 nitrogen and oxygen atoms in total. The Kier molecular flexibility index (Phi) is 2.21. The van der Waals surface area contributed by atoms with Gasteiger partial charge in [0.15, 0.2) is 0 Å². The van der Waals surface area contributed by atoms with Gasteiger partial charge >= 0.3 is 0 Å². The number of hydrogen-bond acceptors (Lipinski definition) is 2. The van der Waals surface area contributed by atoms with Crippen molar-refractivity contribution in [3.8, 4) is 0 Å². The zero-order valence-electron chi connectivity index (χ0n) is 12.7. The number of hydrogen-bond donors (Lipinski definition) is 1. The van der Waals surface area contributed by atoms with Crippen molar-refractivity contribution in [2.24, 2.45) is 12.8 Å². The zero-order valence-corrected chi connectivity index (χ0v) is 12.7. The van der Waals surface area contributed by atoms with Gasteiger partial charge in [-0.1, -0.05) is 18.2 Å². The van der Waals surface area contributed by atoms with E-state index in [-0.39, 0.29) is 5.54 Å². The van der Waals surface area contributed by atoms with Crippen molar-refractivity contribution in [2.75, 3.05) is 18.0 Å². The van der Waals surface area contributed by atoms with Crippen molar-refractivity contribution in [1.29, 1.82) is 0 Å². The van der Waals surface area contributed by atoms with Gasteiger partial charge in [-0.15, -0.1) is 0 Å². The summed E-state index contributed by atoms with van der Waals surface area (Å²) in [6, 6.07) is 6.86. The van der Waals surface area contributed by atoms with Crippen LogP contribution in [0.5, 0.6) is 0 Å². The second-order valence-electron chi connectivity index (χ2n) is 7.41. The van der Waals surface area contributed by atoms with Crippen LogP contribution in [0, 0.1) is 0 Å². The number of nitrogens with two attached hydrogens (primary N) is 1. The molecule has 21 heavy (non-hydrogen) atoms. The van der Waals surface area contributed by atoms with E-state index in [4.69, 9.17) is 5.73 Å². The number of aromatic nitrogens is 1. The highest BCUT2D eigenvalue weighted by molar-refractivity contribution is 5.94. The lowest BCUT2D eigenvalue weighted by Crippen LogP contribution is -2.39. The summed E-state index contributed by atoms with van der Waals surface area (Å²) in [5.74, 6) is 2.26. The molecule has 4 heterocycles. The summed E-state index contributed by atoms with van der Waals surface area (Å²) in [4.78, 5) is 2.59. The molecule has 1 saturated carbocycles. The van der Waals surface area contributed by atoms with E-state index in [9.17, 15) is 0 Å². The van der Waals surface area contributed by atoms with Crippen LogP contribution in [0.2, 0.25) is 0 Å². The Bertz CT molecular complexity index is 730. The highest BCUT2D eigenvalue weighted by Gasteiger charge is 2.40. The Hall–Kier alpha value is -1.48. The van der Waals surface area contributed by atoms with Crippen molar-refractivity contribution in [3.63, 3.8) is 0 Å². The van der Waals surface area contributed by atoms with Crippen LogP contribution in [0.4, 0.5) is 5.82 Å². The van der Waals surface area contributed by atoms with Gasteiger partial charge < -0.3 is 15.2 Å². The van der Waals surface area contributed by atoms with Crippen LogP contribution in [0.1, 0.15) is 42.7 Å². The predicted molar refractivity (Wildman–Crippen MR) is 87.0 cm³/mol. The first-order valence-electron chi connectivity index (χ1n) is 8.30. The first kappa shape index (κ1) is 12.1. The smallest absolute Gasteiger partial charge is 0.112 e. The highest BCUT2D eigenvalue weighted by atomic mass is 15.3. The van der Waals surface area contributed by atoms with Gasteiger partial charge in [0.25, 0.3) is 0 Å². The van der Waals surface area contributed by atoms with Gasteiger partial charge in [-0.3, -0.25) is 0 Å². The summed E-state index contributed by atoms with van der Waals surface area (Å²) in [5, 5.41) is 1.49. The maximum absolute atomic E-state index is 6.39. The highest BCUT2D eigenvalue weighted by Crippen LogP contribution is 2.48. The number of aryl methyl sites for hydroxylation is 1. The molecule has 2 bridgehead atoms. The molecule has 4 aliphatic rings. The first-order chi connectivity index (χ1) is 10.2. The minimum Gasteiger partial charge on any atom is -0.358 e. The molecule has 1 saturated heterocycles. The number of para-hydroxylation sites is 1. The summed E-state index contributed by atoms with van der Waals surface area (Å²) in [6.45, 7) is 2.47. The minimum absolute atomic E-state index is 0.0817. The van der Waals surface area contributed by atoms with Gasteiger partial charge in [0, 0.05) is 36.6 Å². The van der Waals surface area contributed by atoms with Crippen LogP contribution in [0.3, 0.4) is 0 Å². The number of fused-ring (bicyclic) bond motifs is 3. The maximum Gasteiger partial charge on any atom is 0.112 e. The molecule has 0 atom stereocenters. The molecule has 0 unspecified atom stereocenters. The zero-order chi connectivity index (χ0) is 14.2. The molecule has 6 rings (SSSR count). The molecular formula is C18H23N3. The van der Waals surface area contributed by atoms with Crippen LogP contribution < -0.4 is 10.6 Å². The van der Waals surface area contributed by atoms with E-state index in [1.165, 1.54) is 61.1 Å². The normalized spacial score (nSPS) is 22.9. The number of benzene rings is 1. The van der Waals surface area contributed by atoms with Crippen molar-refractivity contribution in [1.82, 2.24) is 4.57 Å². The Labute approximate surface area is 125 Å². The van der Waals surface area contributed by atoms with Crippen molar-refractivity contribution in [3.05, 3.63) is 29.3 Å². The minimum atomic E-state index is 0.0817. The van der Waals surface area contributed by atoms with E-state index in [1.54, 1.807) is 5.56 Å². The fourth-order valence-corrected chi connectivity index (χ4v) is 4.64. The quantitative estimate of drug-likeness (QED) is 0.918. The van der Waals surface area contributed by atoms with Gasteiger partial charge in [-0.25, -0.2) is 0 Å². The lowest BCUT2D eigenvalue weighted by atomic mass is 9.84. The summed E-state index contributed by atoms with van der Waals surface area (Å²) in [7, 11) is 2.25. The third-order valence-electron chi connectivity index (χ3n) is 5.94. The molecule has 2 N–H and O–H groups in total. The van der Waals surface area contributed by atoms with Crippen molar-refractivity contribution >= 4 is 16.7 Å². The largest absolute Gasteiger partial charge is 0.358 e. The molecule has 2 fully saturated rings.